The van der Waals surface area contributed by atoms with E-state index in [-0.39, 0.29) is 12.1 Å². The van der Waals surface area contributed by atoms with E-state index < -0.39 is 23.5 Å². The van der Waals surface area contributed by atoms with E-state index in [0.717, 1.165) is 5.56 Å². The van der Waals surface area contributed by atoms with E-state index in [1.54, 1.807) is 12.1 Å². The van der Waals surface area contributed by atoms with Crippen molar-refractivity contribution in [3.05, 3.63) is 29.6 Å². The standard InChI is InChI=1S/C12H11NO4/c14-10-8(11(15)12(16)17)5-1-3-7-4-2-6-13-9(7)10/h2,4,6,8H,1,3,5H2,(H,16,17). The lowest BCUT2D eigenvalue weighted by atomic mass is 9.93. The molecule has 1 aliphatic carbocycles. The lowest BCUT2D eigenvalue weighted by Crippen LogP contribution is -2.30. The van der Waals surface area contributed by atoms with Gasteiger partial charge in [0.2, 0.25) is 0 Å². The molecule has 88 valence electrons. The summed E-state index contributed by atoms with van der Waals surface area (Å²) in [6.45, 7) is 0. The van der Waals surface area contributed by atoms with Gasteiger partial charge in [0.05, 0.1) is 5.92 Å². The monoisotopic (exact) mass is 233 g/mol. The fourth-order valence-electron chi connectivity index (χ4n) is 2.05. The Balaban J connectivity index is 2.39. The number of Topliss-reactive ketones (excluding diaryl/α,β-unsaturated/α-hetero) is 2. The normalized spacial score (nSPS) is 19.3. The van der Waals surface area contributed by atoms with Crippen molar-refractivity contribution in [3.8, 4) is 0 Å². The van der Waals surface area contributed by atoms with E-state index in [4.69, 9.17) is 5.11 Å². The number of carboxylic acid groups (broad SMARTS) is 1. The summed E-state index contributed by atoms with van der Waals surface area (Å²) in [6, 6.07) is 3.51. The number of aliphatic carboxylic acids is 1. The molecule has 1 N–H and O–H groups in total. The Bertz CT molecular complexity index is 495. The predicted octanol–water partition coefficient (Wildman–Crippen LogP) is 0.870. The zero-order valence-corrected chi connectivity index (χ0v) is 9.05. The van der Waals surface area contributed by atoms with Crippen LogP contribution < -0.4 is 0 Å². The molecule has 1 aromatic heterocycles. The molecule has 0 spiro atoms. The maximum atomic E-state index is 12.0. The van der Waals surface area contributed by atoms with Crippen molar-refractivity contribution in [3.63, 3.8) is 0 Å². The lowest BCUT2D eigenvalue weighted by molar-refractivity contribution is -0.150. The van der Waals surface area contributed by atoms with Crippen LogP contribution in [0, 0.1) is 5.92 Å². The molecule has 17 heavy (non-hydrogen) atoms. The Morgan fingerprint density at radius 3 is 2.88 bits per heavy atom. The topological polar surface area (TPSA) is 84.3 Å². The first kappa shape index (κ1) is 11.4. The molecule has 1 unspecified atom stereocenters. The van der Waals surface area contributed by atoms with Gasteiger partial charge < -0.3 is 5.11 Å². The van der Waals surface area contributed by atoms with Crippen LogP contribution in [-0.4, -0.2) is 27.6 Å². The number of carbonyl (C=O) groups is 3. The number of aryl methyl sites for hydroxylation is 1. The number of aromatic nitrogens is 1. The zero-order chi connectivity index (χ0) is 12.4. The van der Waals surface area contributed by atoms with Crippen LogP contribution in [0.25, 0.3) is 0 Å². The van der Waals surface area contributed by atoms with E-state index in [2.05, 4.69) is 4.98 Å². The van der Waals surface area contributed by atoms with Crippen LogP contribution in [0.15, 0.2) is 18.3 Å². The average molecular weight is 233 g/mol. The summed E-state index contributed by atoms with van der Waals surface area (Å²) >= 11 is 0. The quantitative estimate of drug-likeness (QED) is 0.465. The first-order chi connectivity index (χ1) is 8.11. The van der Waals surface area contributed by atoms with Crippen LogP contribution in [0.5, 0.6) is 0 Å². The second-order valence-corrected chi connectivity index (χ2v) is 3.99. The summed E-state index contributed by atoms with van der Waals surface area (Å²) in [7, 11) is 0. The molecule has 0 radical (unpaired) electrons. The van der Waals surface area contributed by atoms with Crippen LogP contribution in [-0.2, 0) is 16.0 Å². The third-order valence-electron chi connectivity index (χ3n) is 2.91. The number of hydrogen-bond acceptors (Lipinski definition) is 4. The zero-order valence-electron chi connectivity index (χ0n) is 9.05. The van der Waals surface area contributed by atoms with Crippen LogP contribution >= 0.6 is 0 Å². The van der Waals surface area contributed by atoms with Gasteiger partial charge in [-0.3, -0.25) is 14.6 Å². The maximum Gasteiger partial charge on any atom is 0.372 e. The van der Waals surface area contributed by atoms with Gasteiger partial charge in [-0.1, -0.05) is 6.07 Å². The molecular formula is C12H11NO4. The van der Waals surface area contributed by atoms with Gasteiger partial charge >= 0.3 is 5.97 Å². The number of pyridine rings is 1. The molecule has 1 atom stereocenters. The number of fused-ring (bicyclic) bond motifs is 1. The molecule has 0 bridgehead atoms. The molecule has 0 saturated heterocycles. The molecular weight excluding hydrogens is 222 g/mol. The molecule has 0 aliphatic heterocycles. The summed E-state index contributed by atoms with van der Waals surface area (Å²) in [5.41, 5.74) is 1.03. The van der Waals surface area contributed by atoms with E-state index in [1.807, 2.05) is 0 Å². The number of hydrogen-bond donors (Lipinski definition) is 1. The van der Waals surface area contributed by atoms with Crippen molar-refractivity contribution in [2.24, 2.45) is 5.92 Å². The highest BCUT2D eigenvalue weighted by Crippen LogP contribution is 2.23. The summed E-state index contributed by atoms with van der Waals surface area (Å²) in [6.07, 6.45) is 3.02. The van der Waals surface area contributed by atoms with Crippen molar-refractivity contribution < 1.29 is 19.5 Å². The number of carbonyl (C=O) groups excluding carboxylic acids is 2. The highest BCUT2D eigenvalue weighted by molar-refractivity contribution is 6.38. The molecule has 0 amide bonds. The molecule has 1 aromatic rings. The summed E-state index contributed by atoms with van der Waals surface area (Å²) in [5, 5.41) is 8.67. The molecule has 0 aromatic carbocycles. The third kappa shape index (κ3) is 2.08. The van der Waals surface area contributed by atoms with E-state index >= 15 is 0 Å². The number of carboxylic acids is 1. The minimum atomic E-state index is -1.55. The van der Waals surface area contributed by atoms with Gasteiger partial charge in [0.1, 0.15) is 5.69 Å². The highest BCUT2D eigenvalue weighted by Gasteiger charge is 2.35. The molecule has 5 nitrogen and oxygen atoms in total. The third-order valence-corrected chi connectivity index (χ3v) is 2.91. The first-order valence-electron chi connectivity index (χ1n) is 5.36. The van der Waals surface area contributed by atoms with E-state index in [1.165, 1.54) is 6.20 Å². The van der Waals surface area contributed by atoms with Gasteiger partial charge in [0.15, 0.2) is 5.78 Å². The molecule has 1 heterocycles. The first-order valence-corrected chi connectivity index (χ1v) is 5.36. The minimum absolute atomic E-state index is 0.240. The summed E-state index contributed by atoms with van der Waals surface area (Å²) in [5.74, 6) is -4.13. The van der Waals surface area contributed by atoms with Crippen LogP contribution in [0.3, 0.4) is 0 Å². The summed E-state index contributed by atoms with van der Waals surface area (Å²) < 4.78 is 0. The van der Waals surface area contributed by atoms with Crippen molar-refractivity contribution in [2.75, 3.05) is 0 Å². The van der Waals surface area contributed by atoms with Crippen LogP contribution in [0.2, 0.25) is 0 Å². The fourth-order valence-corrected chi connectivity index (χ4v) is 2.05. The van der Waals surface area contributed by atoms with Crippen LogP contribution in [0.4, 0.5) is 0 Å². The van der Waals surface area contributed by atoms with E-state index in [0.29, 0.717) is 12.8 Å². The van der Waals surface area contributed by atoms with Gasteiger partial charge in [0, 0.05) is 6.20 Å². The molecule has 2 rings (SSSR count). The second-order valence-electron chi connectivity index (χ2n) is 3.99. The Kier molecular flexibility index (Phi) is 2.99. The maximum absolute atomic E-state index is 12.0. The number of nitrogens with zero attached hydrogens (tertiary/aromatic N) is 1. The number of ketones is 2. The van der Waals surface area contributed by atoms with E-state index in [9.17, 15) is 14.4 Å². The number of rotatable bonds is 2. The summed E-state index contributed by atoms with van der Waals surface area (Å²) in [4.78, 5) is 38.1. The largest absolute Gasteiger partial charge is 0.475 e. The Morgan fingerprint density at radius 2 is 2.18 bits per heavy atom. The van der Waals surface area contributed by atoms with Crippen molar-refractivity contribution >= 4 is 17.5 Å². The van der Waals surface area contributed by atoms with Gasteiger partial charge in [-0.15, -0.1) is 0 Å². The highest BCUT2D eigenvalue weighted by atomic mass is 16.4. The SMILES string of the molecule is O=C(O)C(=O)C1CCCc2cccnc2C1=O. The van der Waals surface area contributed by atoms with Crippen molar-refractivity contribution in [1.29, 1.82) is 0 Å². The van der Waals surface area contributed by atoms with Gasteiger partial charge in [-0.25, -0.2) is 4.79 Å². The Labute approximate surface area is 97.5 Å². The molecule has 0 fully saturated rings. The van der Waals surface area contributed by atoms with Gasteiger partial charge in [-0.2, -0.15) is 0 Å². The Hall–Kier alpha value is -2.04. The smallest absolute Gasteiger partial charge is 0.372 e. The fraction of sp³-hybridized carbons (Fsp3) is 0.333. The predicted molar refractivity (Wildman–Crippen MR) is 57.6 cm³/mol. The molecule has 0 saturated carbocycles. The minimum Gasteiger partial charge on any atom is -0.475 e. The lowest BCUT2D eigenvalue weighted by Gasteiger charge is -2.08. The molecule has 5 heteroatoms. The van der Waals surface area contributed by atoms with Gasteiger partial charge in [0.25, 0.3) is 5.78 Å². The van der Waals surface area contributed by atoms with Crippen LogP contribution in [0.1, 0.15) is 28.9 Å². The average Bonchev–Trinajstić information content (AvgIpc) is 2.48. The van der Waals surface area contributed by atoms with Crippen molar-refractivity contribution in [1.82, 2.24) is 4.98 Å². The van der Waals surface area contributed by atoms with Crippen molar-refractivity contribution in [2.45, 2.75) is 19.3 Å². The van der Waals surface area contributed by atoms with Gasteiger partial charge in [-0.05, 0) is 30.9 Å². The second kappa shape index (κ2) is 4.45. The Morgan fingerprint density at radius 1 is 1.41 bits per heavy atom. The molecule has 1 aliphatic rings.